The number of ether oxygens (including phenoxy) is 1. The summed E-state index contributed by atoms with van der Waals surface area (Å²) in [5.41, 5.74) is 0.804. The van der Waals surface area contributed by atoms with Crippen LogP contribution in [0.1, 0.15) is 10.4 Å². The standard InChI is InChI=1S/C16H9F2NO2/c17-12-5-6-15(13(18)8-12)21-16-11(9-20)7-10-3-1-2-4-14(10)19-16/h1-9H. The summed E-state index contributed by atoms with van der Waals surface area (Å²) < 4.78 is 31.8. The summed E-state index contributed by atoms with van der Waals surface area (Å²) in [6.45, 7) is 0. The number of fused-ring (bicyclic) bond motifs is 1. The Hall–Kier alpha value is -2.82. The van der Waals surface area contributed by atoms with Gasteiger partial charge in [-0.25, -0.2) is 13.8 Å². The molecule has 0 aliphatic carbocycles. The second kappa shape index (κ2) is 5.28. The molecule has 0 radical (unpaired) electrons. The largest absolute Gasteiger partial charge is 0.435 e. The van der Waals surface area contributed by atoms with E-state index in [1.165, 1.54) is 0 Å². The molecule has 0 amide bonds. The number of hydrogen-bond acceptors (Lipinski definition) is 3. The van der Waals surface area contributed by atoms with E-state index >= 15 is 0 Å². The van der Waals surface area contributed by atoms with Gasteiger partial charge in [-0.1, -0.05) is 18.2 Å². The molecule has 3 aromatic rings. The Morgan fingerprint density at radius 3 is 2.62 bits per heavy atom. The molecule has 5 heteroatoms. The summed E-state index contributed by atoms with van der Waals surface area (Å²) in [7, 11) is 0. The van der Waals surface area contributed by atoms with Crippen LogP contribution >= 0.6 is 0 Å². The number of para-hydroxylation sites is 1. The van der Waals surface area contributed by atoms with Crippen LogP contribution in [0.25, 0.3) is 10.9 Å². The van der Waals surface area contributed by atoms with Crippen molar-refractivity contribution in [1.29, 1.82) is 0 Å². The molecular formula is C16H9F2NO2. The molecule has 3 rings (SSSR count). The summed E-state index contributed by atoms with van der Waals surface area (Å²) in [5, 5.41) is 0.770. The highest BCUT2D eigenvalue weighted by Crippen LogP contribution is 2.28. The van der Waals surface area contributed by atoms with Gasteiger partial charge in [-0.3, -0.25) is 4.79 Å². The molecule has 1 heterocycles. The lowest BCUT2D eigenvalue weighted by Gasteiger charge is -2.09. The molecule has 0 N–H and O–H groups in total. The number of carbonyl (C=O) groups excluding carboxylic acids is 1. The van der Waals surface area contributed by atoms with Crippen LogP contribution in [0.5, 0.6) is 11.6 Å². The summed E-state index contributed by atoms with van der Waals surface area (Å²) in [6, 6.07) is 11.7. The summed E-state index contributed by atoms with van der Waals surface area (Å²) >= 11 is 0. The maximum absolute atomic E-state index is 13.6. The van der Waals surface area contributed by atoms with E-state index in [4.69, 9.17) is 4.74 Å². The minimum Gasteiger partial charge on any atom is -0.435 e. The first-order valence-electron chi connectivity index (χ1n) is 6.15. The number of benzene rings is 2. The molecule has 2 aromatic carbocycles. The van der Waals surface area contributed by atoms with E-state index in [0.29, 0.717) is 17.9 Å². The van der Waals surface area contributed by atoms with Gasteiger partial charge in [-0.15, -0.1) is 0 Å². The average Bonchev–Trinajstić information content (AvgIpc) is 2.49. The van der Waals surface area contributed by atoms with Gasteiger partial charge < -0.3 is 4.74 Å². The van der Waals surface area contributed by atoms with Crippen molar-refractivity contribution in [2.24, 2.45) is 0 Å². The SMILES string of the molecule is O=Cc1cc2ccccc2nc1Oc1ccc(F)cc1F. The monoisotopic (exact) mass is 285 g/mol. The topological polar surface area (TPSA) is 39.2 Å². The molecule has 3 nitrogen and oxygen atoms in total. The number of aromatic nitrogens is 1. The van der Waals surface area contributed by atoms with E-state index in [1.54, 1.807) is 24.3 Å². The fourth-order valence-electron chi connectivity index (χ4n) is 1.94. The van der Waals surface area contributed by atoms with Crippen LogP contribution in [-0.2, 0) is 0 Å². The highest BCUT2D eigenvalue weighted by Gasteiger charge is 2.12. The number of pyridine rings is 1. The third-order valence-corrected chi connectivity index (χ3v) is 2.94. The van der Waals surface area contributed by atoms with Crippen LogP contribution in [0, 0.1) is 11.6 Å². The molecule has 104 valence electrons. The molecule has 0 saturated heterocycles. The molecule has 0 fully saturated rings. The van der Waals surface area contributed by atoms with Crippen molar-refractivity contribution >= 4 is 17.2 Å². The number of carbonyl (C=O) groups is 1. The van der Waals surface area contributed by atoms with Crippen LogP contribution in [-0.4, -0.2) is 11.3 Å². The molecule has 0 atom stereocenters. The zero-order valence-electron chi connectivity index (χ0n) is 10.7. The van der Waals surface area contributed by atoms with Crippen molar-refractivity contribution in [2.45, 2.75) is 0 Å². The van der Waals surface area contributed by atoms with Gasteiger partial charge in [-0.2, -0.15) is 0 Å². The Kier molecular flexibility index (Phi) is 3.31. The Bertz CT molecular complexity index is 834. The van der Waals surface area contributed by atoms with E-state index < -0.39 is 11.6 Å². The fourth-order valence-corrected chi connectivity index (χ4v) is 1.94. The average molecular weight is 285 g/mol. The van der Waals surface area contributed by atoms with Crippen molar-refractivity contribution in [3.63, 3.8) is 0 Å². The van der Waals surface area contributed by atoms with E-state index in [0.717, 1.165) is 17.5 Å². The van der Waals surface area contributed by atoms with Crippen LogP contribution in [0.4, 0.5) is 8.78 Å². The maximum Gasteiger partial charge on any atom is 0.230 e. The minimum atomic E-state index is -0.859. The van der Waals surface area contributed by atoms with Gasteiger partial charge in [0.25, 0.3) is 0 Å². The van der Waals surface area contributed by atoms with Crippen LogP contribution < -0.4 is 4.74 Å². The predicted molar refractivity (Wildman–Crippen MR) is 73.6 cm³/mol. The van der Waals surface area contributed by atoms with Gasteiger partial charge in [0.1, 0.15) is 5.82 Å². The Balaban J connectivity index is 2.08. The van der Waals surface area contributed by atoms with Crippen molar-refractivity contribution in [3.8, 4) is 11.6 Å². The Morgan fingerprint density at radius 1 is 1.05 bits per heavy atom. The molecular weight excluding hydrogens is 276 g/mol. The third-order valence-electron chi connectivity index (χ3n) is 2.94. The third kappa shape index (κ3) is 2.58. The Morgan fingerprint density at radius 2 is 1.86 bits per heavy atom. The van der Waals surface area contributed by atoms with Crippen molar-refractivity contribution in [2.75, 3.05) is 0 Å². The quantitative estimate of drug-likeness (QED) is 0.679. The van der Waals surface area contributed by atoms with Gasteiger partial charge in [0.05, 0.1) is 11.1 Å². The highest BCUT2D eigenvalue weighted by molar-refractivity contribution is 5.88. The van der Waals surface area contributed by atoms with Crippen LogP contribution in [0.15, 0.2) is 48.5 Å². The van der Waals surface area contributed by atoms with E-state index in [-0.39, 0.29) is 17.2 Å². The predicted octanol–water partition coefficient (Wildman–Crippen LogP) is 4.12. The lowest BCUT2D eigenvalue weighted by Crippen LogP contribution is -1.97. The second-order valence-corrected chi connectivity index (χ2v) is 4.37. The number of aldehydes is 1. The molecule has 0 aliphatic heterocycles. The number of nitrogens with zero attached hydrogens (tertiary/aromatic N) is 1. The number of halogens is 2. The van der Waals surface area contributed by atoms with E-state index in [9.17, 15) is 13.6 Å². The van der Waals surface area contributed by atoms with Crippen LogP contribution in [0.2, 0.25) is 0 Å². The molecule has 0 unspecified atom stereocenters. The van der Waals surface area contributed by atoms with Gasteiger partial charge in [0.15, 0.2) is 17.9 Å². The van der Waals surface area contributed by atoms with Crippen LogP contribution in [0.3, 0.4) is 0 Å². The van der Waals surface area contributed by atoms with Crippen molar-refractivity contribution < 1.29 is 18.3 Å². The first-order valence-corrected chi connectivity index (χ1v) is 6.15. The number of hydrogen-bond donors (Lipinski definition) is 0. The lowest BCUT2D eigenvalue weighted by atomic mass is 10.1. The molecule has 1 aromatic heterocycles. The molecule has 0 aliphatic rings. The smallest absolute Gasteiger partial charge is 0.230 e. The van der Waals surface area contributed by atoms with E-state index in [1.807, 2.05) is 6.07 Å². The second-order valence-electron chi connectivity index (χ2n) is 4.37. The summed E-state index contributed by atoms with van der Waals surface area (Å²) in [6.07, 6.45) is 0.580. The van der Waals surface area contributed by atoms with Gasteiger partial charge in [-0.05, 0) is 24.3 Å². The molecule has 21 heavy (non-hydrogen) atoms. The molecule has 0 bridgehead atoms. The normalized spacial score (nSPS) is 10.6. The molecule has 0 spiro atoms. The first-order chi connectivity index (χ1) is 10.2. The van der Waals surface area contributed by atoms with Gasteiger partial charge in [0.2, 0.25) is 5.88 Å². The van der Waals surface area contributed by atoms with Crippen molar-refractivity contribution in [1.82, 2.24) is 4.98 Å². The summed E-state index contributed by atoms with van der Waals surface area (Å²) in [4.78, 5) is 15.3. The summed E-state index contributed by atoms with van der Waals surface area (Å²) in [5.74, 6) is -1.78. The fraction of sp³-hybridized carbons (Fsp3) is 0. The van der Waals surface area contributed by atoms with Gasteiger partial charge >= 0.3 is 0 Å². The molecule has 0 saturated carbocycles. The zero-order valence-corrected chi connectivity index (χ0v) is 10.7. The van der Waals surface area contributed by atoms with Crippen molar-refractivity contribution in [3.05, 3.63) is 65.7 Å². The van der Waals surface area contributed by atoms with E-state index in [2.05, 4.69) is 4.98 Å². The lowest BCUT2D eigenvalue weighted by molar-refractivity contribution is 0.112. The first kappa shape index (κ1) is 13.2. The van der Waals surface area contributed by atoms with Gasteiger partial charge in [0, 0.05) is 11.5 Å². The maximum atomic E-state index is 13.6. The number of rotatable bonds is 3. The minimum absolute atomic E-state index is 0.0193. The Labute approximate surface area is 118 Å². The zero-order chi connectivity index (χ0) is 14.8. The highest BCUT2D eigenvalue weighted by atomic mass is 19.1.